The number of nitrogens with one attached hydrogen (secondary N) is 1. The van der Waals surface area contributed by atoms with Crippen LogP contribution in [0, 0.1) is 6.92 Å². The number of anilines is 1. The van der Waals surface area contributed by atoms with Gasteiger partial charge in [-0.2, -0.15) is 0 Å². The van der Waals surface area contributed by atoms with E-state index in [-0.39, 0.29) is 0 Å². The third kappa shape index (κ3) is 2.06. The van der Waals surface area contributed by atoms with Crippen molar-refractivity contribution in [1.29, 1.82) is 0 Å². The molecule has 0 saturated carbocycles. The largest absolute Gasteiger partial charge is 0.369 e. The van der Waals surface area contributed by atoms with E-state index in [2.05, 4.69) is 22.1 Å². The first-order valence-corrected chi connectivity index (χ1v) is 5.32. The average Bonchev–Trinajstić information content (AvgIpc) is 2.59. The molecule has 4 nitrogen and oxygen atoms in total. The Morgan fingerprint density at radius 1 is 1.38 bits per heavy atom. The van der Waals surface area contributed by atoms with E-state index in [9.17, 15) is 0 Å². The minimum Gasteiger partial charge on any atom is -0.369 e. The van der Waals surface area contributed by atoms with Gasteiger partial charge in [-0.15, -0.1) is 0 Å². The topological polar surface area (TPSA) is 80.7 Å². The standard InChI is InChI=1S/C12H16N4/c1-8-11(16-12(14)15-8)10-4-2-3-9(7-10)5-6-13/h2-4,7H,5-6,13H2,1H3,(H3,14,15,16). The molecule has 0 amide bonds. The van der Waals surface area contributed by atoms with Gasteiger partial charge in [-0.05, 0) is 31.5 Å². The number of rotatable bonds is 3. The van der Waals surface area contributed by atoms with Gasteiger partial charge in [0.25, 0.3) is 0 Å². The summed E-state index contributed by atoms with van der Waals surface area (Å²) < 4.78 is 0. The molecule has 0 fully saturated rings. The Kier molecular flexibility index (Phi) is 2.92. The van der Waals surface area contributed by atoms with Crippen molar-refractivity contribution in [2.24, 2.45) is 5.73 Å². The molecule has 0 aliphatic rings. The highest BCUT2D eigenvalue weighted by Gasteiger charge is 2.07. The molecule has 5 N–H and O–H groups in total. The van der Waals surface area contributed by atoms with Gasteiger partial charge in [-0.3, -0.25) is 0 Å². The zero-order valence-electron chi connectivity index (χ0n) is 9.33. The Bertz CT molecular complexity index is 488. The quantitative estimate of drug-likeness (QED) is 0.726. The predicted octanol–water partition coefficient (Wildman–Crippen LogP) is 1.47. The maximum atomic E-state index is 5.63. The molecule has 0 saturated heterocycles. The van der Waals surface area contributed by atoms with E-state index in [1.165, 1.54) is 5.56 Å². The van der Waals surface area contributed by atoms with Crippen molar-refractivity contribution < 1.29 is 0 Å². The molecule has 0 radical (unpaired) electrons. The Morgan fingerprint density at radius 3 is 2.81 bits per heavy atom. The molecule has 0 atom stereocenters. The SMILES string of the molecule is Cc1[nH]c(N)nc1-c1cccc(CCN)c1. The van der Waals surface area contributed by atoms with Gasteiger partial charge < -0.3 is 16.5 Å². The van der Waals surface area contributed by atoms with Crippen LogP contribution in [-0.4, -0.2) is 16.5 Å². The summed E-state index contributed by atoms with van der Waals surface area (Å²) in [5, 5.41) is 0. The molecule has 2 aromatic rings. The molecule has 0 bridgehead atoms. The normalized spacial score (nSPS) is 10.6. The number of imidazole rings is 1. The van der Waals surface area contributed by atoms with E-state index in [0.29, 0.717) is 12.5 Å². The molecule has 16 heavy (non-hydrogen) atoms. The maximum Gasteiger partial charge on any atom is 0.198 e. The monoisotopic (exact) mass is 216 g/mol. The van der Waals surface area contributed by atoms with E-state index >= 15 is 0 Å². The van der Waals surface area contributed by atoms with E-state index in [1.54, 1.807) is 0 Å². The first-order valence-electron chi connectivity index (χ1n) is 5.32. The molecule has 4 heteroatoms. The van der Waals surface area contributed by atoms with Crippen molar-refractivity contribution >= 4 is 5.95 Å². The number of hydrogen-bond acceptors (Lipinski definition) is 3. The number of aromatic amines is 1. The minimum atomic E-state index is 0.455. The van der Waals surface area contributed by atoms with Crippen molar-refractivity contribution in [3.63, 3.8) is 0 Å². The second-order valence-corrected chi connectivity index (χ2v) is 3.83. The van der Waals surface area contributed by atoms with Gasteiger partial charge in [0.2, 0.25) is 0 Å². The lowest BCUT2D eigenvalue weighted by atomic mass is 10.1. The summed E-state index contributed by atoms with van der Waals surface area (Å²) in [6.45, 7) is 2.62. The lowest BCUT2D eigenvalue weighted by molar-refractivity contribution is 0.969. The van der Waals surface area contributed by atoms with Gasteiger partial charge in [0.05, 0.1) is 5.69 Å². The van der Waals surface area contributed by atoms with Gasteiger partial charge in [0.15, 0.2) is 5.95 Å². The van der Waals surface area contributed by atoms with Crippen LogP contribution < -0.4 is 11.5 Å². The van der Waals surface area contributed by atoms with Crippen LogP contribution >= 0.6 is 0 Å². The molecule has 0 spiro atoms. The zero-order chi connectivity index (χ0) is 11.5. The Labute approximate surface area is 94.7 Å². The maximum absolute atomic E-state index is 5.63. The molecule has 1 heterocycles. The highest BCUT2D eigenvalue weighted by molar-refractivity contribution is 5.64. The number of nitrogens with two attached hydrogens (primary N) is 2. The second-order valence-electron chi connectivity index (χ2n) is 3.83. The molecule has 0 unspecified atom stereocenters. The summed E-state index contributed by atoms with van der Waals surface area (Å²) in [5.41, 5.74) is 15.4. The highest BCUT2D eigenvalue weighted by atomic mass is 15.0. The summed E-state index contributed by atoms with van der Waals surface area (Å²) in [5.74, 6) is 0.455. The second kappa shape index (κ2) is 4.37. The first kappa shape index (κ1) is 10.7. The van der Waals surface area contributed by atoms with Gasteiger partial charge in [0.1, 0.15) is 0 Å². The van der Waals surface area contributed by atoms with Crippen molar-refractivity contribution in [3.05, 3.63) is 35.5 Å². The van der Waals surface area contributed by atoms with Crippen molar-refractivity contribution in [1.82, 2.24) is 9.97 Å². The fraction of sp³-hybridized carbons (Fsp3) is 0.250. The predicted molar refractivity (Wildman–Crippen MR) is 65.9 cm³/mol. The summed E-state index contributed by atoms with van der Waals surface area (Å²) in [6, 6.07) is 8.23. The molecule has 1 aromatic heterocycles. The van der Waals surface area contributed by atoms with Crippen LogP contribution in [0.5, 0.6) is 0 Å². The van der Waals surface area contributed by atoms with Gasteiger partial charge >= 0.3 is 0 Å². The van der Waals surface area contributed by atoms with E-state index in [0.717, 1.165) is 23.4 Å². The fourth-order valence-corrected chi connectivity index (χ4v) is 1.81. The van der Waals surface area contributed by atoms with Crippen LogP contribution in [0.4, 0.5) is 5.95 Å². The molecule has 0 aliphatic heterocycles. The van der Waals surface area contributed by atoms with Gasteiger partial charge in [0, 0.05) is 11.3 Å². The van der Waals surface area contributed by atoms with Crippen molar-refractivity contribution in [3.8, 4) is 11.3 Å². The van der Waals surface area contributed by atoms with Crippen molar-refractivity contribution in [2.45, 2.75) is 13.3 Å². The highest BCUT2D eigenvalue weighted by Crippen LogP contribution is 2.22. The zero-order valence-corrected chi connectivity index (χ0v) is 9.33. The Balaban J connectivity index is 2.40. The van der Waals surface area contributed by atoms with Crippen LogP contribution in [0.3, 0.4) is 0 Å². The first-order chi connectivity index (χ1) is 7.70. The Hall–Kier alpha value is -1.81. The summed E-state index contributed by atoms with van der Waals surface area (Å²) in [4.78, 5) is 7.27. The minimum absolute atomic E-state index is 0.455. The smallest absolute Gasteiger partial charge is 0.198 e. The number of benzene rings is 1. The van der Waals surface area contributed by atoms with Crippen LogP contribution in [0.25, 0.3) is 11.3 Å². The third-order valence-corrected chi connectivity index (χ3v) is 2.54. The summed E-state index contributed by atoms with van der Waals surface area (Å²) >= 11 is 0. The van der Waals surface area contributed by atoms with Crippen LogP contribution in [0.15, 0.2) is 24.3 Å². The number of hydrogen-bond donors (Lipinski definition) is 3. The van der Waals surface area contributed by atoms with Gasteiger partial charge in [-0.1, -0.05) is 18.2 Å². The molecular formula is C12H16N4. The third-order valence-electron chi connectivity index (χ3n) is 2.54. The molecule has 0 aliphatic carbocycles. The molecule has 1 aromatic carbocycles. The van der Waals surface area contributed by atoms with Gasteiger partial charge in [-0.25, -0.2) is 4.98 Å². The lowest BCUT2D eigenvalue weighted by Crippen LogP contribution is -2.02. The van der Waals surface area contributed by atoms with E-state index in [1.807, 2.05) is 19.1 Å². The molecule has 84 valence electrons. The van der Waals surface area contributed by atoms with Crippen LogP contribution in [0.1, 0.15) is 11.3 Å². The number of nitrogens with zero attached hydrogens (tertiary/aromatic N) is 1. The lowest BCUT2D eigenvalue weighted by Gasteiger charge is -2.02. The summed E-state index contributed by atoms with van der Waals surface area (Å²) in [6.07, 6.45) is 0.882. The van der Waals surface area contributed by atoms with E-state index in [4.69, 9.17) is 11.5 Å². The van der Waals surface area contributed by atoms with Crippen LogP contribution in [0.2, 0.25) is 0 Å². The Morgan fingerprint density at radius 2 is 2.19 bits per heavy atom. The summed E-state index contributed by atoms with van der Waals surface area (Å²) in [7, 11) is 0. The number of nitrogen functional groups attached to an aromatic ring is 1. The number of aromatic nitrogens is 2. The van der Waals surface area contributed by atoms with E-state index < -0.39 is 0 Å². The molecular weight excluding hydrogens is 200 g/mol. The van der Waals surface area contributed by atoms with Crippen molar-refractivity contribution in [2.75, 3.05) is 12.3 Å². The number of aryl methyl sites for hydroxylation is 1. The van der Waals surface area contributed by atoms with Crippen LogP contribution in [-0.2, 0) is 6.42 Å². The average molecular weight is 216 g/mol. The molecule has 2 rings (SSSR count). The number of H-pyrrole nitrogens is 1. The fourth-order valence-electron chi connectivity index (χ4n) is 1.81.